The van der Waals surface area contributed by atoms with E-state index in [1.807, 2.05) is 55.0 Å². The van der Waals surface area contributed by atoms with E-state index in [1.54, 1.807) is 41.1 Å². The van der Waals surface area contributed by atoms with Crippen molar-refractivity contribution in [1.29, 1.82) is 0 Å². The fourth-order valence-electron chi connectivity index (χ4n) is 3.31. The van der Waals surface area contributed by atoms with Crippen LogP contribution in [-0.2, 0) is 6.54 Å². The summed E-state index contributed by atoms with van der Waals surface area (Å²) < 4.78 is 0. The number of nitrogens with zero attached hydrogens (tertiary/aromatic N) is 2. The van der Waals surface area contributed by atoms with E-state index in [-0.39, 0.29) is 11.9 Å². The van der Waals surface area contributed by atoms with Gasteiger partial charge < -0.3 is 15.5 Å². The highest BCUT2D eigenvalue weighted by Crippen LogP contribution is 2.24. The molecule has 2 aromatic carbocycles. The Morgan fingerprint density at radius 1 is 1.10 bits per heavy atom. The molecule has 2 aromatic rings. The predicted molar refractivity (Wildman–Crippen MR) is 113 cm³/mol. The van der Waals surface area contributed by atoms with Crippen molar-refractivity contribution in [3.63, 3.8) is 0 Å². The molecule has 2 aliphatic rings. The van der Waals surface area contributed by atoms with Gasteiger partial charge in [0.2, 0.25) is 0 Å². The highest BCUT2D eigenvalue weighted by atomic mass is 16.2. The van der Waals surface area contributed by atoms with Crippen molar-refractivity contribution >= 4 is 17.6 Å². The van der Waals surface area contributed by atoms with Crippen molar-refractivity contribution in [3.05, 3.63) is 102 Å². The van der Waals surface area contributed by atoms with Crippen LogP contribution in [0.15, 0.2) is 90.4 Å². The first-order valence-corrected chi connectivity index (χ1v) is 9.41. The standard InChI is InChI=1S/C23H22N4O2/c1-26(14-17-5-3-2-4-6-17)22(28)18-7-9-21(10-8-18)25-23(29)27-15-19-11-12-24-13-20(19)16-27/h2-13,15,24H,14,16H2,1H3,(H,25,29). The molecule has 4 rings (SSSR count). The Hall–Kier alpha value is -3.80. The highest BCUT2D eigenvalue weighted by Gasteiger charge is 2.23. The summed E-state index contributed by atoms with van der Waals surface area (Å²) in [5, 5.41) is 5.90. The van der Waals surface area contributed by atoms with Gasteiger partial charge in [-0.2, -0.15) is 0 Å². The zero-order valence-corrected chi connectivity index (χ0v) is 16.1. The lowest BCUT2D eigenvalue weighted by Crippen LogP contribution is -2.29. The molecule has 2 N–H and O–H groups in total. The molecule has 0 spiro atoms. The van der Waals surface area contributed by atoms with Gasteiger partial charge in [-0.25, -0.2) is 4.79 Å². The summed E-state index contributed by atoms with van der Waals surface area (Å²) in [5.41, 5.74) is 4.41. The molecule has 0 fully saturated rings. The number of nitrogens with one attached hydrogen (secondary N) is 2. The lowest BCUT2D eigenvalue weighted by Gasteiger charge is -2.18. The summed E-state index contributed by atoms with van der Waals surface area (Å²) in [5.74, 6) is -0.0636. The first kappa shape index (κ1) is 18.6. The number of fused-ring (bicyclic) bond motifs is 1. The summed E-state index contributed by atoms with van der Waals surface area (Å²) >= 11 is 0. The van der Waals surface area contributed by atoms with Gasteiger partial charge in [0.05, 0.1) is 6.54 Å². The Kier molecular flexibility index (Phi) is 5.16. The number of rotatable bonds is 4. The smallest absolute Gasteiger partial charge is 0.326 e. The minimum Gasteiger partial charge on any atom is -0.367 e. The van der Waals surface area contributed by atoms with Gasteiger partial charge in [0, 0.05) is 43.4 Å². The van der Waals surface area contributed by atoms with E-state index in [0.717, 1.165) is 16.7 Å². The SMILES string of the molecule is CN(Cc1ccccc1)C(=O)c1ccc(NC(=O)N2C=C3C=CNC=C3C2)cc1. The zero-order valence-electron chi connectivity index (χ0n) is 16.1. The van der Waals surface area contributed by atoms with Crippen molar-refractivity contribution in [2.24, 2.45) is 0 Å². The number of dihydropyridines is 1. The van der Waals surface area contributed by atoms with E-state index < -0.39 is 0 Å². The van der Waals surface area contributed by atoms with E-state index in [1.165, 1.54) is 0 Å². The molecule has 146 valence electrons. The van der Waals surface area contributed by atoms with Crippen LogP contribution >= 0.6 is 0 Å². The number of amides is 3. The molecule has 2 heterocycles. The van der Waals surface area contributed by atoms with Crippen LogP contribution in [0.1, 0.15) is 15.9 Å². The molecular formula is C23H22N4O2. The van der Waals surface area contributed by atoms with E-state index in [2.05, 4.69) is 10.6 Å². The van der Waals surface area contributed by atoms with Crippen LogP contribution in [0.5, 0.6) is 0 Å². The van der Waals surface area contributed by atoms with Crippen LogP contribution in [-0.4, -0.2) is 35.3 Å². The van der Waals surface area contributed by atoms with E-state index >= 15 is 0 Å². The number of hydrogen-bond donors (Lipinski definition) is 2. The summed E-state index contributed by atoms with van der Waals surface area (Å²) in [4.78, 5) is 28.5. The third kappa shape index (κ3) is 4.21. The molecule has 0 aromatic heterocycles. The molecular weight excluding hydrogens is 364 g/mol. The van der Waals surface area contributed by atoms with Crippen molar-refractivity contribution in [3.8, 4) is 0 Å². The van der Waals surface area contributed by atoms with Crippen LogP contribution in [0.4, 0.5) is 10.5 Å². The van der Waals surface area contributed by atoms with Crippen LogP contribution in [0.3, 0.4) is 0 Å². The van der Waals surface area contributed by atoms with Crippen molar-refractivity contribution in [1.82, 2.24) is 15.1 Å². The Labute approximate surface area is 169 Å². The van der Waals surface area contributed by atoms with Crippen LogP contribution in [0.2, 0.25) is 0 Å². The number of urea groups is 1. The first-order chi connectivity index (χ1) is 14.1. The highest BCUT2D eigenvalue weighted by molar-refractivity contribution is 5.95. The number of anilines is 1. The fourth-order valence-corrected chi connectivity index (χ4v) is 3.31. The molecule has 0 aliphatic carbocycles. The molecule has 0 saturated carbocycles. The van der Waals surface area contributed by atoms with Gasteiger partial charge >= 0.3 is 6.03 Å². The topological polar surface area (TPSA) is 64.7 Å². The van der Waals surface area contributed by atoms with Crippen LogP contribution < -0.4 is 10.6 Å². The number of carbonyl (C=O) groups is 2. The Balaban J connectivity index is 1.36. The number of allylic oxidation sites excluding steroid dienone is 1. The zero-order chi connectivity index (χ0) is 20.2. The maximum atomic E-state index is 12.6. The summed E-state index contributed by atoms with van der Waals surface area (Å²) in [6.45, 7) is 1.07. The molecule has 2 aliphatic heterocycles. The molecule has 6 nitrogen and oxygen atoms in total. The Bertz CT molecular complexity index is 1010. The number of carbonyl (C=O) groups excluding carboxylic acids is 2. The Morgan fingerprint density at radius 3 is 2.59 bits per heavy atom. The summed E-state index contributed by atoms with van der Waals surface area (Å²) in [6, 6.07) is 16.6. The Morgan fingerprint density at radius 2 is 1.86 bits per heavy atom. The second-order valence-corrected chi connectivity index (χ2v) is 7.04. The molecule has 0 radical (unpaired) electrons. The number of hydrogen-bond acceptors (Lipinski definition) is 3. The van der Waals surface area contributed by atoms with E-state index in [4.69, 9.17) is 0 Å². The summed E-state index contributed by atoms with van der Waals surface area (Å²) in [7, 11) is 1.78. The normalized spacial score (nSPS) is 14.4. The van der Waals surface area contributed by atoms with Crippen molar-refractivity contribution in [2.75, 3.05) is 18.9 Å². The van der Waals surface area contributed by atoms with E-state index in [0.29, 0.717) is 24.3 Å². The third-order valence-electron chi connectivity index (χ3n) is 4.88. The van der Waals surface area contributed by atoms with E-state index in [9.17, 15) is 9.59 Å². The molecule has 0 saturated heterocycles. The van der Waals surface area contributed by atoms with Gasteiger partial charge in [-0.1, -0.05) is 30.3 Å². The minimum absolute atomic E-state index is 0.0636. The average Bonchev–Trinajstić information content (AvgIpc) is 3.19. The summed E-state index contributed by atoms with van der Waals surface area (Å²) in [6.07, 6.45) is 7.50. The molecule has 29 heavy (non-hydrogen) atoms. The lowest BCUT2D eigenvalue weighted by atomic mass is 10.1. The molecule has 0 atom stereocenters. The van der Waals surface area contributed by atoms with Gasteiger partial charge in [0.25, 0.3) is 5.91 Å². The lowest BCUT2D eigenvalue weighted by molar-refractivity contribution is 0.0785. The largest absolute Gasteiger partial charge is 0.367 e. The maximum Gasteiger partial charge on any atom is 0.326 e. The molecule has 3 amide bonds. The molecule has 0 bridgehead atoms. The quantitative estimate of drug-likeness (QED) is 0.842. The van der Waals surface area contributed by atoms with Gasteiger partial charge in [-0.3, -0.25) is 9.69 Å². The maximum absolute atomic E-state index is 12.6. The monoisotopic (exact) mass is 386 g/mol. The second kappa shape index (κ2) is 8.06. The number of benzene rings is 2. The molecule has 6 heteroatoms. The van der Waals surface area contributed by atoms with Crippen molar-refractivity contribution < 1.29 is 9.59 Å². The van der Waals surface area contributed by atoms with Gasteiger partial charge in [0.1, 0.15) is 0 Å². The van der Waals surface area contributed by atoms with Gasteiger partial charge in [-0.05, 0) is 47.1 Å². The second-order valence-electron chi connectivity index (χ2n) is 7.04. The predicted octanol–water partition coefficient (Wildman–Crippen LogP) is 3.69. The third-order valence-corrected chi connectivity index (χ3v) is 4.88. The van der Waals surface area contributed by atoms with Crippen LogP contribution in [0, 0.1) is 0 Å². The van der Waals surface area contributed by atoms with Gasteiger partial charge in [0.15, 0.2) is 0 Å². The minimum atomic E-state index is -0.207. The first-order valence-electron chi connectivity index (χ1n) is 9.41. The van der Waals surface area contributed by atoms with Gasteiger partial charge in [-0.15, -0.1) is 0 Å². The molecule has 0 unspecified atom stereocenters. The van der Waals surface area contributed by atoms with Crippen molar-refractivity contribution in [2.45, 2.75) is 6.54 Å². The average molecular weight is 386 g/mol. The fraction of sp³-hybridized carbons (Fsp3) is 0.130. The van der Waals surface area contributed by atoms with Crippen LogP contribution in [0.25, 0.3) is 0 Å².